The van der Waals surface area contributed by atoms with Gasteiger partial charge >= 0.3 is 6.03 Å². The number of hydrogen-bond acceptors (Lipinski definition) is 4. The Kier molecular flexibility index (Phi) is 4.75. The number of rotatable bonds is 5. The van der Waals surface area contributed by atoms with E-state index in [9.17, 15) is 4.79 Å². The van der Waals surface area contributed by atoms with Gasteiger partial charge in [0.05, 0.1) is 6.61 Å². The first-order valence-electron chi connectivity index (χ1n) is 7.83. The number of urea groups is 1. The fourth-order valence-corrected chi connectivity index (χ4v) is 2.65. The summed E-state index contributed by atoms with van der Waals surface area (Å²) in [4.78, 5) is 17.9. The maximum absolute atomic E-state index is 11.9. The maximum Gasteiger partial charge on any atom is 0.317 e. The summed E-state index contributed by atoms with van der Waals surface area (Å²) in [5.41, 5.74) is 0.802. The van der Waals surface area contributed by atoms with Gasteiger partial charge in [0, 0.05) is 38.1 Å². The van der Waals surface area contributed by atoms with Crippen LogP contribution in [0.4, 0.5) is 4.79 Å². The van der Waals surface area contributed by atoms with Gasteiger partial charge in [0.2, 0.25) is 5.88 Å². The minimum Gasteiger partial charge on any atom is -0.476 e. The third-order valence-corrected chi connectivity index (χ3v) is 4.00. The van der Waals surface area contributed by atoms with Crippen molar-refractivity contribution in [1.82, 2.24) is 24.8 Å². The van der Waals surface area contributed by atoms with E-state index in [4.69, 9.17) is 4.74 Å². The average Bonchev–Trinajstić information content (AvgIpc) is 3.06. The van der Waals surface area contributed by atoms with Crippen LogP contribution in [0.1, 0.15) is 12.8 Å². The van der Waals surface area contributed by atoms with E-state index < -0.39 is 0 Å². The second-order valence-electron chi connectivity index (χ2n) is 5.62. The molecule has 2 amide bonds. The minimum absolute atomic E-state index is 0.0171. The summed E-state index contributed by atoms with van der Waals surface area (Å²) < 4.78 is 7.49. The lowest BCUT2D eigenvalue weighted by Gasteiger charge is -2.31. The Morgan fingerprint density at radius 1 is 1.43 bits per heavy atom. The smallest absolute Gasteiger partial charge is 0.317 e. The SMILES string of the molecule is C=CCNC(=O)N1CCC(COc2ccc3nccn3n2)CC1. The van der Waals surface area contributed by atoms with Crippen LogP contribution in [-0.4, -0.2) is 51.8 Å². The molecule has 7 heteroatoms. The summed E-state index contributed by atoms with van der Waals surface area (Å²) in [5, 5.41) is 7.15. The second kappa shape index (κ2) is 7.13. The third-order valence-electron chi connectivity index (χ3n) is 4.00. The number of piperidine rings is 1. The van der Waals surface area contributed by atoms with Gasteiger partial charge in [0.1, 0.15) is 0 Å². The number of nitrogens with zero attached hydrogens (tertiary/aromatic N) is 4. The van der Waals surface area contributed by atoms with Gasteiger partial charge in [-0.3, -0.25) is 0 Å². The number of nitrogens with one attached hydrogen (secondary N) is 1. The number of ether oxygens (including phenoxy) is 1. The van der Waals surface area contributed by atoms with Crippen LogP contribution in [0, 0.1) is 5.92 Å². The van der Waals surface area contributed by atoms with E-state index in [1.165, 1.54) is 0 Å². The molecule has 122 valence electrons. The minimum atomic E-state index is -0.0171. The molecule has 3 heterocycles. The molecular formula is C16H21N5O2. The molecule has 0 aliphatic carbocycles. The molecule has 1 fully saturated rings. The van der Waals surface area contributed by atoms with E-state index in [-0.39, 0.29) is 6.03 Å². The van der Waals surface area contributed by atoms with Crippen molar-refractivity contribution in [2.75, 3.05) is 26.2 Å². The first-order valence-corrected chi connectivity index (χ1v) is 7.83. The van der Waals surface area contributed by atoms with E-state index in [0.29, 0.717) is 24.9 Å². The lowest BCUT2D eigenvalue weighted by molar-refractivity contribution is 0.143. The highest BCUT2D eigenvalue weighted by Crippen LogP contribution is 2.18. The monoisotopic (exact) mass is 315 g/mol. The largest absolute Gasteiger partial charge is 0.476 e. The molecule has 1 saturated heterocycles. The van der Waals surface area contributed by atoms with Crippen molar-refractivity contribution in [1.29, 1.82) is 0 Å². The fraction of sp³-hybridized carbons (Fsp3) is 0.438. The summed E-state index contributed by atoms with van der Waals surface area (Å²) in [7, 11) is 0. The van der Waals surface area contributed by atoms with Crippen molar-refractivity contribution in [2.45, 2.75) is 12.8 Å². The van der Waals surface area contributed by atoms with Crippen molar-refractivity contribution in [3.8, 4) is 5.88 Å². The molecule has 2 aromatic rings. The summed E-state index contributed by atoms with van der Waals surface area (Å²) in [6.45, 7) is 6.23. The normalized spacial score (nSPS) is 15.6. The van der Waals surface area contributed by atoms with Crippen LogP contribution in [0.2, 0.25) is 0 Å². The number of aromatic nitrogens is 3. The Labute approximate surface area is 134 Å². The Morgan fingerprint density at radius 2 is 2.26 bits per heavy atom. The van der Waals surface area contributed by atoms with Gasteiger partial charge in [0.15, 0.2) is 5.65 Å². The van der Waals surface area contributed by atoms with Crippen LogP contribution in [0.5, 0.6) is 5.88 Å². The van der Waals surface area contributed by atoms with Crippen molar-refractivity contribution in [3.63, 3.8) is 0 Å². The predicted octanol–water partition coefficient (Wildman–Crippen LogP) is 1.72. The molecule has 0 saturated carbocycles. The van der Waals surface area contributed by atoms with E-state index in [2.05, 4.69) is 22.0 Å². The summed E-state index contributed by atoms with van der Waals surface area (Å²) in [6.07, 6.45) is 7.06. The standard InChI is InChI=1S/C16H21N5O2/c1-2-7-18-16(22)20-9-5-13(6-10-20)12-23-15-4-3-14-17-8-11-21(14)19-15/h2-4,8,11,13H,1,5-7,9-10,12H2,(H,18,22). The highest BCUT2D eigenvalue weighted by Gasteiger charge is 2.23. The van der Waals surface area contributed by atoms with Gasteiger partial charge in [0.25, 0.3) is 0 Å². The van der Waals surface area contributed by atoms with Gasteiger partial charge in [-0.25, -0.2) is 14.3 Å². The zero-order valence-corrected chi connectivity index (χ0v) is 13.0. The summed E-state index contributed by atoms with van der Waals surface area (Å²) in [5.74, 6) is 1.04. The Morgan fingerprint density at radius 3 is 3.04 bits per heavy atom. The first kappa shape index (κ1) is 15.3. The molecule has 0 unspecified atom stereocenters. The van der Waals surface area contributed by atoms with Crippen LogP contribution in [0.25, 0.3) is 5.65 Å². The van der Waals surface area contributed by atoms with Crippen LogP contribution in [-0.2, 0) is 0 Å². The van der Waals surface area contributed by atoms with Crippen LogP contribution >= 0.6 is 0 Å². The van der Waals surface area contributed by atoms with Gasteiger partial charge in [-0.1, -0.05) is 6.08 Å². The van der Waals surface area contributed by atoms with E-state index in [1.807, 2.05) is 17.0 Å². The molecule has 0 atom stereocenters. The van der Waals surface area contributed by atoms with E-state index in [0.717, 1.165) is 31.6 Å². The van der Waals surface area contributed by atoms with Crippen molar-refractivity contribution in [3.05, 3.63) is 37.2 Å². The zero-order valence-electron chi connectivity index (χ0n) is 13.0. The van der Waals surface area contributed by atoms with Crippen molar-refractivity contribution >= 4 is 11.7 Å². The Balaban J connectivity index is 1.45. The number of imidazole rings is 1. The fourth-order valence-electron chi connectivity index (χ4n) is 2.65. The number of hydrogen-bond donors (Lipinski definition) is 1. The lowest BCUT2D eigenvalue weighted by Crippen LogP contribution is -2.45. The number of amides is 2. The van der Waals surface area contributed by atoms with Crippen LogP contribution in [0.15, 0.2) is 37.2 Å². The zero-order chi connectivity index (χ0) is 16.1. The molecule has 0 aromatic carbocycles. The topological polar surface area (TPSA) is 71.8 Å². The van der Waals surface area contributed by atoms with Gasteiger partial charge in [-0.05, 0) is 24.8 Å². The molecule has 7 nitrogen and oxygen atoms in total. The Bertz CT molecular complexity index is 676. The molecular weight excluding hydrogens is 294 g/mol. The van der Waals surface area contributed by atoms with Crippen molar-refractivity contribution in [2.24, 2.45) is 5.92 Å². The molecule has 2 aromatic heterocycles. The number of fused-ring (bicyclic) bond motifs is 1. The molecule has 0 radical (unpaired) electrons. The number of likely N-dealkylation sites (tertiary alicyclic amines) is 1. The first-order chi connectivity index (χ1) is 11.3. The maximum atomic E-state index is 11.9. The van der Waals surface area contributed by atoms with Crippen LogP contribution in [0.3, 0.4) is 0 Å². The summed E-state index contributed by atoms with van der Waals surface area (Å²) in [6, 6.07) is 3.70. The molecule has 0 spiro atoms. The quantitative estimate of drug-likeness (QED) is 0.853. The summed E-state index contributed by atoms with van der Waals surface area (Å²) >= 11 is 0. The van der Waals surface area contributed by atoms with E-state index in [1.54, 1.807) is 23.0 Å². The lowest BCUT2D eigenvalue weighted by atomic mass is 9.98. The molecule has 23 heavy (non-hydrogen) atoms. The van der Waals surface area contributed by atoms with Gasteiger partial charge < -0.3 is 15.0 Å². The molecule has 3 rings (SSSR count). The molecule has 1 aliphatic rings. The molecule has 1 N–H and O–H groups in total. The molecule has 1 aliphatic heterocycles. The van der Waals surface area contributed by atoms with E-state index >= 15 is 0 Å². The van der Waals surface area contributed by atoms with Gasteiger partial charge in [-0.15, -0.1) is 11.7 Å². The highest BCUT2D eigenvalue weighted by atomic mass is 16.5. The molecule has 0 bridgehead atoms. The van der Waals surface area contributed by atoms with Crippen molar-refractivity contribution < 1.29 is 9.53 Å². The number of carbonyl (C=O) groups excluding carboxylic acids is 1. The highest BCUT2D eigenvalue weighted by molar-refractivity contribution is 5.74. The van der Waals surface area contributed by atoms with Gasteiger partial charge in [-0.2, -0.15) is 0 Å². The van der Waals surface area contributed by atoms with Crippen LogP contribution < -0.4 is 10.1 Å². The second-order valence-corrected chi connectivity index (χ2v) is 5.62. The Hall–Kier alpha value is -2.57. The average molecular weight is 315 g/mol. The number of carbonyl (C=O) groups is 1. The predicted molar refractivity (Wildman–Crippen MR) is 86.4 cm³/mol. The third kappa shape index (κ3) is 3.80.